The van der Waals surface area contributed by atoms with Crippen LogP contribution in [0.5, 0.6) is 0 Å². The molecule has 0 aliphatic rings. The lowest BCUT2D eigenvalue weighted by molar-refractivity contribution is 0.822. The Bertz CT molecular complexity index is 709. The molecule has 3 aromatic rings. The molecular weight excluding hydrogens is 242 g/mol. The van der Waals surface area contributed by atoms with E-state index in [1.54, 1.807) is 0 Å². The fourth-order valence-corrected chi connectivity index (χ4v) is 3.18. The number of fused-ring (bicyclic) bond motifs is 1. The van der Waals surface area contributed by atoms with Crippen molar-refractivity contribution in [3.63, 3.8) is 0 Å². The normalized spacial score (nSPS) is 11.3. The van der Waals surface area contributed by atoms with Gasteiger partial charge in [-0.3, -0.25) is 0 Å². The zero-order valence-electron chi connectivity index (χ0n) is 10.8. The van der Waals surface area contributed by atoms with Crippen LogP contribution in [0, 0.1) is 13.8 Å². The number of aromatic nitrogens is 3. The van der Waals surface area contributed by atoms with Crippen LogP contribution >= 0.6 is 11.5 Å². The Morgan fingerprint density at radius 2 is 2.00 bits per heavy atom. The summed E-state index contributed by atoms with van der Waals surface area (Å²) in [5, 5.41) is 5.81. The van der Waals surface area contributed by atoms with Crippen molar-refractivity contribution < 1.29 is 0 Å². The molecule has 0 atom stereocenters. The Balaban J connectivity index is 2.27. The van der Waals surface area contributed by atoms with Crippen LogP contribution in [0.25, 0.3) is 15.9 Å². The molecule has 3 rings (SSSR count). The van der Waals surface area contributed by atoms with E-state index in [4.69, 9.17) is 0 Å². The summed E-state index contributed by atoms with van der Waals surface area (Å²) in [6.45, 7) is 6.35. The Kier molecular flexibility index (Phi) is 2.67. The Hall–Kier alpha value is -1.68. The Morgan fingerprint density at radius 1 is 1.22 bits per heavy atom. The van der Waals surface area contributed by atoms with E-state index in [9.17, 15) is 0 Å². The smallest absolute Gasteiger partial charge is 0.174 e. The number of aryl methyl sites for hydroxylation is 1. The van der Waals surface area contributed by atoms with Gasteiger partial charge < -0.3 is 0 Å². The van der Waals surface area contributed by atoms with E-state index in [2.05, 4.69) is 42.4 Å². The van der Waals surface area contributed by atoms with Gasteiger partial charge in [0, 0.05) is 11.1 Å². The molecule has 0 aliphatic heterocycles. The average molecular weight is 257 g/mol. The quantitative estimate of drug-likeness (QED) is 0.701. The maximum Gasteiger partial charge on any atom is 0.174 e. The van der Waals surface area contributed by atoms with Crippen molar-refractivity contribution in [1.29, 1.82) is 0 Å². The van der Waals surface area contributed by atoms with E-state index in [1.807, 2.05) is 16.8 Å². The van der Waals surface area contributed by atoms with Crippen molar-refractivity contribution in [2.24, 2.45) is 0 Å². The SMILES string of the molecule is CCc1c(C)nn(-c2nsc3ccccc23)c1C. The summed E-state index contributed by atoms with van der Waals surface area (Å²) in [6.07, 6.45) is 1.01. The predicted octanol–water partition coefficient (Wildman–Crippen LogP) is 3.66. The molecule has 0 spiro atoms. The number of hydrogen-bond acceptors (Lipinski definition) is 3. The highest BCUT2D eigenvalue weighted by atomic mass is 32.1. The maximum atomic E-state index is 4.63. The second kappa shape index (κ2) is 4.21. The van der Waals surface area contributed by atoms with Crippen LogP contribution in [0.15, 0.2) is 24.3 Å². The molecule has 2 heterocycles. The highest BCUT2D eigenvalue weighted by Gasteiger charge is 2.15. The molecule has 0 bridgehead atoms. The van der Waals surface area contributed by atoms with Crippen LogP contribution in [0.1, 0.15) is 23.9 Å². The van der Waals surface area contributed by atoms with Crippen LogP contribution in [0.2, 0.25) is 0 Å². The van der Waals surface area contributed by atoms with Crippen LogP contribution in [0.3, 0.4) is 0 Å². The van der Waals surface area contributed by atoms with Gasteiger partial charge in [0.1, 0.15) is 0 Å². The summed E-state index contributed by atoms with van der Waals surface area (Å²) in [7, 11) is 0. The average Bonchev–Trinajstić information content (AvgIpc) is 2.91. The molecule has 0 saturated heterocycles. The highest BCUT2D eigenvalue weighted by molar-refractivity contribution is 7.13. The maximum absolute atomic E-state index is 4.63. The summed E-state index contributed by atoms with van der Waals surface area (Å²) in [5.41, 5.74) is 3.63. The lowest BCUT2D eigenvalue weighted by Gasteiger charge is -2.01. The third-order valence-corrected chi connectivity index (χ3v) is 4.17. The lowest BCUT2D eigenvalue weighted by atomic mass is 10.1. The minimum absolute atomic E-state index is 0.955. The lowest BCUT2D eigenvalue weighted by Crippen LogP contribution is -2.00. The van der Waals surface area contributed by atoms with Crippen LogP contribution in [-0.4, -0.2) is 14.2 Å². The molecule has 2 aromatic heterocycles. The molecule has 0 unspecified atom stereocenters. The van der Waals surface area contributed by atoms with Gasteiger partial charge in [-0.05, 0) is 49.5 Å². The monoisotopic (exact) mass is 257 g/mol. The number of nitrogens with zero attached hydrogens (tertiary/aromatic N) is 3. The Morgan fingerprint density at radius 3 is 2.72 bits per heavy atom. The van der Waals surface area contributed by atoms with E-state index in [-0.39, 0.29) is 0 Å². The molecule has 1 aromatic carbocycles. The van der Waals surface area contributed by atoms with Crippen molar-refractivity contribution >= 4 is 21.6 Å². The van der Waals surface area contributed by atoms with Gasteiger partial charge in [0.2, 0.25) is 0 Å². The minimum Gasteiger partial charge on any atom is -0.218 e. The van der Waals surface area contributed by atoms with Crippen molar-refractivity contribution in [2.75, 3.05) is 0 Å². The fraction of sp³-hybridized carbons (Fsp3) is 0.286. The van der Waals surface area contributed by atoms with Crippen molar-refractivity contribution in [3.8, 4) is 5.82 Å². The molecular formula is C14H15N3S. The van der Waals surface area contributed by atoms with Crippen LogP contribution in [-0.2, 0) is 6.42 Å². The van der Waals surface area contributed by atoms with Gasteiger partial charge in [0.25, 0.3) is 0 Å². The third kappa shape index (κ3) is 1.56. The number of hydrogen-bond donors (Lipinski definition) is 0. The van der Waals surface area contributed by atoms with Gasteiger partial charge in [-0.1, -0.05) is 19.1 Å². The first-order valence-electron chi connectivity index (χ1n) is 6.12. The van der Waals surface area contributed by atoms with Gasteiger partial charge >= 0.3 is 0 Å². The van der Waals surface area contributed by atoms with Gasteiger partial charge in [-0.2, -0.15) is 9.47 Å². The molecule has 92 valence electrons. The first-order valence-corrected chi connectivity index (χ1v) is 6.89. The molecule has 0 fully saturated rings. The van der Waals surface area contributed by atoms with E-state index in [0.717, 1.165) is 17.9 Å². The summed E-state index contributed by atoms with van der Waals surface area (Å²) >= 11 is 1.53. The summed E-state index contributed by atoms with van der Waals surface area (Å²) in [6, 6.07) is 8.30. The summed E-state index contributed by atoms with van der Waals surface area (Å²) < 4.78 is 7.74. The van der Waals surface area contributed by atoms with Crippen LogP contribution < -0.4 is 0 Å². The van der Waals surface area contributed by atoms with Crippen molar-refractivity contribution in [1.82, 2.24) is 14.2 Å². The summed E-state index contributed by atoms with van der Waals surface area (Å²) in [4.78, 5) is 0. The molecule has 18 heavy (non-hydrogen) atoms. The predicted molar refractivity (Wildman–Crippen MR) is 75.6 cm³/mol. The zero-order chi connectivity index (χ0) is 12.7. The van der Waals surface area contributed by atoms with Gasteiger partial charge in [-0.15, -0.1) is 0 Å². The third-order valence-electron chi connectivity index (χ3n) is 3.35. The molecule has 4 heteroatoms. The molecule has 3 nitrogen and oxygen atoms in total. The van der Waals surface area contributed by atoms with Crippen molar-refractivity contribution in [3.05, 3.63) is 41.2 Å². The second-order valence-corrected chi connectivity index (χ2v) is 5.22. The van der Waals surface area contributed by atoms with Gasteiger partial charge in [0.05, 0.1) is 10.4 Å². The minimum atomic E-state index is 0.955. The highest BCUT2D eigenvalue weighted by Crippen LogP contribution is 2.27. The van der Waals surface area contributed by atoms with Crippen LogP contribution in [0.4, 0.5) is 0 Å². The van der Waals surface area contributed by atoms with E-state index in [1.165, 1.54) is 32.9 Å². The fourth-order valence-electron chi connectivity index (χ4n) is 2.42. The molecule has 0 N–H and O–H groups in total. The number of benzene rings is 1. The topological polar surface area (TPSA) is 30.7 Å². The van der Waals surface area contributed by atoms with Crippen molar-refractivity contribution in [2.45, 2.75) is 27.2 Å². The first kappa shape index (κ1) is 11.4. The molecule has 0 saturated carbocycles. The van der Waals surface area contributed by atoms with Gasteiger partial charge in [0.15, 0.2) is 5.82 Å². The largest absolute Gasteiger partial charge is 0.218 e. The molecule has 0 amide bonds. The van der Waals surface area contributed by atoms with E-state index < -0.39 is 0 Å². The zero-order valence-corrected chi connectivity index (χ0v) is 11.6. The Labute approximate surface area is 110 Å². The number of rotatable bonds is 2. The second-order valence-electron chi connectivity index (χ2n) is 4.42. The molecule has 0 aliphatic carbocycles. The van der Waals surface area contributed by atoms with E-state index >= 15 is 0 Å². The molecule has 0 radical (unpaired) electrons. The summed E-state index contributed by atoms with van der Waals surface area (Å²) in [5.74, 6) is 0.955. The van der Waals surface area contributed by atoms with Gasteiger partial charge in [-0.25, -0.2) is 4.68 Å². The van der Waals surface area contributed by atoms with E-state index in [0.29, 0.717) is 0 Å². The standard InChI is InChI=1S/C14H15N3S/c1-4-11-9(2)15-17(10(11)3)14-12-7-5-6-8-13(12)18-16-14/h5-8H,4H2,1-3H3. The first-order chi connectivity index (χ1) is 8.72.